The molecular formula is C22H23ClN4O4S. The number of thioether (sulfide) groups is 1. The van der Waals surface area contributed by atoms with Crippen LogP contribution in [0.1, 0.15) is 19.8 Å². The molecule has 0 unspecified atom stereocenters. The molecule has 8 nitrogen and oxygen atoms in total. The van der Waals surface area contributed by atoms with Gasteiger partial charge in [0.15, 0.2) is 10.9 Å². The minimum absolute atomic E-state index is 0.00233. The molecule has 1 aliphatic rings. The summed E-state index contributed by atoms with van der Waals surface area (Å²) in [5.41, 5.74) is 0.816. The van der Waals surface area contributed by atoms with Gasteiger partial charge in [-0.25, -0.2) is 0 Å². The van der Waals surface area contributed by atoms with Gasteiger partial charge in [-0.3, -0.25) is 14.2 Å². The number of ether oxygens (including phenoxy) is 1. The number of aromatic nitrogens is 3. The fourth-order valence-electron chi connectivity index (χ4n) is 3.59. The van der Waals surface area contributed by atoms with Crippen molar-refractivity contribution in [2.24, 2.45) is 5.92 Å². The number of carbonyl (C=O) groups is 2. The molecule has 3 heterocycles. The molecule has 0 atom stereocenters. The van der Waals surface area contributed by atoms with Gasteiger partial charge in [0.05, 0.1) is 24.5 Å². The van der Waals surface area contributed by atoms with E-state index in [2.05, 4.69) is 10.2 Å². The zero-order valence-corrected chi connectivity index (χ0v) is 19.1. The van der Waals surface area contributed by atoms with E-state index in [0.29, 0.717) is 54.3 Å². The van der Waals surface area contributed by atoms with Crippen molar-refractivity contribution in [2.75, 3.05) is 25.4 Å². The lowest BCUT2D eigenvalue weighted by Gasteiger charge is -2.30. The topological polar surface area (TPSA) is 90.5 Å². The standard InChI is InChI=1S/C22H23ClN4O4S/c1-2-30-21(29)15-9-11-26(12-10-15)19(28)14-32-22-25-24-20(18-4-3-13-31-18)27(22)17-7-5-16(23)6-8-17/h3-8,13,15H,2,9-12,14H2,1H3. The van der Waals surface area contributed by atoms with Crippen LogP contribution in [0.3, 0.4) is 0 Å². The molecule has 0 saturated carbocycles. The molecule has 0 bridgehead atoms. The Morgan fingerprint density at radius 2 is 1.94 bits per heavy atom. The van der Waals surface area contributed by atoms with Gasteiger partial charge in [-0.2, -0.15) is 0 Å². The zero-order valence-electron chi connectivity index (χ0n) is 17.6. The lowest BCUT2D eigenvalue weighted by Crippen LogP contribution is -2.41. The van der Waals surface area contributed by atoms with E-state index in [9.17, 15) is 9.59 Å². The van der Waals surface area contributed by atoms with E-state index in [-0.39, 0.29) is 23.5 Å². The number of hydrogen-bond acceptors (Lipinski definition) is 7. The Balaban J connectivity index is 1.45. The Hall–Kier alpha value is -2.78. The first-order valence-electron chi connectivity index (χ1n) is 10.4. The number of likely N-dealkylation sites (tertiary alicyclic amines) is 1. The predicted octanol–water partition coefficient (Wildman–Crippen LogP) is 4.07. The number of benzene rings is 1. The molecule has 32 heavy (non-hydrogen) atoms. The van der Waals surface area contributed by atoms with Gasteiger partial charge in [-0.15, -0.1) is 10.2 Å². The van der Waals surface area contributed by atoms with E-state index in [1.165, 1.54) is 11.8 Å². The van der Waals surface area contributed by atoms with Crippen molar-refractivity contribution >= 4 is 35.2 Å². The van der Waals surface area contributed by atoms with Gasteiger partial charge in [0.25, 0.3) is 0 Å². The monoisotopic (exact) mass is 474 g/mol. The van der Waals surface area contributed by atoms with Crippen LogP contribution in [0.2, 0.25) is 5.02 Å². The Morgan fingerprint density at radius 3 is 2.59 bits per heavy atom. The Kier molecular flexibility index (Phi) is 7.16. The van der Waals surface area contributed by atoms with Gasteiger partial charge >= 0.3 is 5.97 Å². The number of halogens is 1. The summed E-state index contributed by atoms with van der Waals surface area (Å²) in [6.07, 6.45) is 2.82. The molecule has 10 heteroatoms. The maximum Gasteiger partial charge on any atom is 0.309 e. The quantitative estimate of drug-likeness (QED) is 0.376. The van der Waals surface area contributed by atoms with E-state index < -0.39 is 0 Å². The number of furan rings is 1. The molecule has 4 rings (SSSR count). The van der Waals surface area contributed by atoms with Crippen LogP contribution in [0.5, 0.6) is 0 Å². The first-order chi connectivity index (χ1) is 15.6. The first-order valence-corrected chi connectivity index (χ1v) is 11.8. The molecule has 0 N–H and O–H groups in total. The van der Waals surface area contributed by atoms with E-state index in [0.717, 1.165) is 5.69 Å². The van der Waals surface area contributed by atoms with Crippen LogP contribution in [-0.4, -0.2) is 57.0 Å². The summed E-state index contributed by atoms with van der Waals surface area (Å²) in [6, 6.07) is 10.9. The number of rotatable bonds is 7. The highest BCUT2D eigenvalue weighted by Crippen LogP contribution is 2.29. The minimum atomic E-state index is -0.171. The molecule has 1 aromatic carbocycles. The second-order valence-electron chi connectivity index (χ2n) is 7.29. The summed E-state index contributed by atoms with van der Waals surface area (Å²) in [7, 11) is 0. The number of esters is 1. The fraction of sp³-hybridized carbons (Fsp3) is 0.364. The van der Waals surface area contributed by atoms with Crippen molar-refractivity contribution in [2.45, 2.75) is 24.9 Å². The molecule has 1 aliphatic heterocycles. The highest BCUT2D eigenvalue weighted by Gasteiger charge is 2.28. The van der Waals surface area contributed by atoms with Crippen LogP contribution in [0.15, 0.2) is 52.2 Å². The third kappa shape index (κ3) is 4.99. The summed E-state index contributed by atoms with van der Waals surface area (Å²) in [5, 5.41) is 9.78. The average Bonchev–Trinajstić information content (AvgIpc) is 3.48. The predicted molar refractivity (Wildman–Crippen MR) is 121 cm³/mol. The van der Waals surface area contributed by atoms with Gasteiger partial charge in [-0.05, 0) is 56.2 Å². The molecule has 3 aromatic rings. The smallest absolute Gasteiger partial charge is 0.309 e. The van der Waals surface area contributed by atoms with Crippen molar-refractivity contribution in [1.29, 1.82) is 0 Å². The van der Waals surface area contributed by atoms with Crippen LogP contribution in [0.4, 0.5) is 0 Å². The molecule has 0 spiro atoms. The van der Waals surface area contributed by atoms with E-state index in [1.54, 1.807) is 36.3 Å². The van der Waals surface area contributed by atoms with Crippen molar-refractivity contribution in [3.8, 4) is 17.3 Å². The normalized spacial score (nSPS) is 14.5. The molecular weight excluding hydrogens is 452 g/mol. The summed E-state index contributed by atoms with van der Waals surface area (Å²) < 4.78 is 12.5. The van der Waals surface area contributed by atoms with Crippen LogP contribution < -0.4 is 0 Å². The molecule has 168 valence electrons. The van der Waals surface area contributed by atoms with Gasteiger partial charge in [0.2, 0.25) is 11.7 Å². The van der Waals surface area contributed by atoms with E-state index >= 15 is 0 Å². The maximum absolute atomic E-state index is 12.8. The van der Waals surface area contributed by atoms with Crippen LogP contribution in [-0.2, 0) is 14.3 Å². The lowest BCUT2D eigenvalue weighted by atomic mass is 9.97. The molecule has 0 radical (unpaired) electrons. The molecule has 1 saturated heterocycles. The van der Waals surface area contributed by atoms with Gasteiger partial charge in [0.1, 0.15) is 0 Å². The summed E-state index contributed by atoms with van der Waals surface area (Å²) in [5.74, 6) is 1.04. The Morgan fingerprint density at radius 1 is 1.19 bits per heavy atom. The number of piperidine rings is 1. The number of amides is 1. The van der Waals surface area contributed by atoms with Crippen LogP contribution in [0.25, 0.3) is 17.3 Å². The van der Waals surface area contributed by atoms with Gasteiger partial charge in [0, 0.05) is 23.8 Å². The summed E-state index contributed by atoms with van der Waals surface area (Å²) >= 11 is 7.36. The fourth-order valence-corrected chi connectivity index (χ4v) is 4.57. The summed E-state index contributed by atoms with van der Waals surface area (Å²) in [6.45, 7) is 3.27. The second-order valence-corrected chi connectivity index (χ2v) is 8.67. The minimum Gasteiger partial charge on any atom is -0.466 e. The van der Waals surface area contributed by atoms with Gasteiger partial charge in [-0.1, -0.05) is 23.4 Å². The Bertz CT molecular complexity index is 1060. The van der Waals surface area contributed by atoms with Gasteiger partial charge < -0.3 is 14.1 Å². The Labute approximate surface area is 194 Å². The van der Waals surface area contributed by atoms with Crippen LogP contribution in [0, 0.1) is 5.92 Å². The molecule has 0 aliphatic carbocycles. The number of nitrogens with zero attached hydrogens (tertiary/aromatic N) is 4. The van der Waals surface area contributed by atoms with E-state index in [1.807, 2.05) is 22.8 Å². The van der Waals surface area contributed by atoms with Crippen LogP contribution >= 0.6 is 23.4 Å². The highest BCUT2D eigenvalue weighted by atomic mass is 35.5. The first kappa shape index (κ1) is 22.4. The van der Waals surface area contributed by atoms with Crippen molar-refractivity contribution < 1.29 is 18.7 Å². The van der Waals surface area contributed by atoms with E-state index in [4.69, 9.17) is 20.8 Å². The number of hydrogen-bond donors (Lipinski definition) is 0. The molecule has 2 aromatic heterocycles. The second kappa shape index (κ2) is 10.2. The molecule has 1 amide bonds. The summed E-state index contributed by atoms with van der Waals surface area (Å²) in [4.78, 5) is 26.5. The third-order valence-electron chi connectivity index (χ3n) is 5.25. The van der Waals surface area contributed by atoms with Crippen molar-refractivity contribution in [1.82, 2.24) is 19.7 Å². The maximum atomic E-state index is 12.8. The van der Waals surface area contributed by atoms with Crippen molar-refractivity contribution in [3.05, 3.63) is 47.7 Å². The third-order valence-corrected chi connectivity index (χ3v) is 6.42. The number of carbonyl (C=O) groups excluding carboxylic acids is 2. The zero-order chi connectivity index (χ0) is 22.5. The largest absolute Gasteiger partial charge is 0.466 e. The highest BCUT2D eigenvalue weighted by molar-refractivity contribution is 7.99. The molecule has 1 fully saturated rings. The van der Waals surface area contributed by atoms with Crippen molar-refractivity contribution in [3.63, 3.8) is 0 Å². The lowest BCUT2D eigenvalue weighted by molar-refractivity contribution is -0.151. The average molecular weight is 475 g/mol. The SMILES string of the molecule is CCOC(=O)C1CCN(C(=O)CSc2nnc(-c3ccco3)n2-c2ccc(Cl)cc2)CC1.